The highest BCUT2D eigenvalue weighted by atomic mass is 35.5. The van der Waals surface area contributed by atoms with Crippen LogP contribution >= 0.6 is 11.6 Å². The monoisotopic (exact) mass is 209 g/mol. The first-order valence-electron chi connectivity index (χ1n) is 4.92. The molecule has 1 aromatic rings. The van der Waals surface area contributed by atoms with Crippen LogP contribution in [0, 0.1) is 11.3 Å². The maximum atomic E-state index is 8.56. The Balaban J connectivity index is 2.19. The van der Waals surface area contributed by atoms with Crippen molar-refractivity contribution in [3.05, 3.63) is 16.7 Å². The highest BCUT2D eigenvalue weighted by Gasteiger charge is 2.21. The molecule has 0 bridgehead atoms. The van der Waals surface area contributed by atoms with Crippen LogP contribution in [0.4, 0.5) is 0 Å². The number of nitrogens with one attached hydrogen (secondary N) is 1. The summed E-state index contributed by atoms with van der Waals surface area (Å²) in [5, 5.41) is 9.03. The molecule has 0 radical (unpaired) electrons. The summed E-state index contributed by atoms with van der Waals surface area (Å²) < 4.78 is 0. The fraction of sp³-hybridized carbons (Fsp3) is 0.600. The first-order chi connectivity index (χ1) is 6.81. The fourth-order valence-corrected chi connectivity index (χ4v) is 2.20. The van der Waals surface area contributed by atoms with Crippen LogP contribution in [0.5, 0.6) is 0 Å². The fourth-order valence-electron chi connectivity index (χ4n) is 2.00. The Morgan fingerprint density at radius 3 is 2.86 bits per heavy atom. The van der Waals surface area contributed by atoms with Gasteiger partial charge in [0.15, 0.2) is 5.15 Å². The van der Waals surface area contributed by atoms with Gasteiger partial charge in [-0.2, -0.15) is 5.26 Å². The van der Waals surface area contributed by atoms with Crippen molar-refractivity contribution < 1.29 is 0 Å². The zero-order chi connectivity index (χ0) is 9.97. The molecule has 1 N–H and O–H groups in total. The highest BCUT2D eigenvalue weighted by molar-refractivity contribution is 6.30. The van der Waals surface area contributed by atoms with Crippen LogP contribution in [0.2, 0.25) is 5.15 Å². The number of imidazole rings is 1. The molecule has 0 saturated heterocycles. The number of H-pyrrole nitrogens is 1. The van der Waals surface area contributed by atoms with Gasteiger partial charge in [-0.05, 0) is 12.8 Å². The summed E-state index contributed by atoms with van der Waals surface area (Å²) in [7, 11) is 0. The molecular formula is C10H12ClN3. The molecule has 1 aliphatic carbocycles. The Hall–Kier alpha value is -1.01. The first-order valence-corrected chi connectivity index (χ1v) is 5.30. The van der Waals surface area contributed by atoms with Crippen molar-refractivity contribution in [2.24, 2.45) is 0 Å². The molecule has 0 unspecified atom stereocenters. The van der Waals surface area contributed by atoms with Gasteiger partial charge in [0.05, 0.1) is 18.2 Å². The largest absolute Gasteiger partial charge is 0.343 e. The van der Waals surface area contributed by atoms with Gasteiger partial charge in [-0.3, -0.25) is 0 Å². The van der Waals surface area contributed by atoms with E-state index in [9.17, 15) is 0 Å². The number of hydrogen-bond donors (Lipinski definition) is 1. The van der Waals surface area contributed by atoms with E-state index in [1.54, 1.807) is 0 Å². The molecule has 2 rings (SSSR count). The SMILES string of the molecule is N#CCc1[nH]c(C2CCCC2)nc1Cl. The van der Waals surface area contributed by atoms with E-state index >= 15 is 0 Å². The molecule has 0 aliphatic heterocycles. The van der Waals surface area contributed by atoms with Crippen LogP contribution in [0.3, 0.4) is 0 Å². The van der Waals surface area contributed by atoms with Gasteiger partial charge in [0.2, 0.25) is 0 Å². The third-order valence-electron chi connectivity index (χ3n) is 2.74. The van der Waals surface area contributed by atoms with E-state index in [-0.39, 0.29) is 0 Å². The van der Waals surface area contributed by atoms with Crippen molar-refractivity contribution in [1.29, 1.82) is 5.26 Å². The zero-order valence-electron chi connectivity index (χ0n) is 7.89. The average molecular weight is 210 g/mol. The minimum absolute atomic E-state index is 0.318. The van der Waals surface area contributed by atoms with Crippen LogP contribution in [-0.2, 0) is 6.42 Å². The summed E-state index contributed by atoms with van der Waals surface area (Å²) >= 11 is 5.91. The van der Waals surface area contributed by atoms with Crippen molar-refractivity contribution in [2.45, 2.75) is 38.0 Å². The lowest BCUT2D eigenvalue weighted by Crippen LogP contribution is -1.94. The van der Waals surface area contributed by atoms with Crippen LogP contribution < -0.4 is 0 Å². The molecular weight excluding hydrogens is 198 g/mol. The molecule has 1 aromatic heterocycles. The van der Waals surface area contributed by atoms with E-state index < -0.39 is 0 Å². The van der Waals surface area contributed by atoms with Gasteiger partial charge in [0.25, 0.3) is 0 Å². The molecule has 0 spiro atoms. The second-order valence-corrected chi connectivity index (χ2v) is 4.07. The third kappa shape index (κ3) is 1.76. The average Bonchev–Trinajstić information content (AvgIpc) is 2.76. The number of halogens is 1. The summed E-state index contributed by atoms with van der Waals surface area (Å²) in [6, 6.07) is 2.07. The topological polar surface area (TPSA) is 52.5 Å². The van der Waals surface area contributed by atoms with Gasteiger partial charge in [0, 0.05) is 5.92 Å². The lowest BCUT2D eigenvalue weighted by molar-refractivity contribution is 0.677. The van der Waals surface area contributed by atoms with Crippen LogP contribution in [0.1, 0.15) is 43.1 Å². The second kappa shape index (κ2) is 4.02. The van der Waals surface area contributed by atoms with E-state index in [1.807, 2.05) is 0 Å². The summed E-state index contributed by atoms with van der Waals surface area (Å²) in [5.41, 5.74) is 0.760. The number of aromatic amines is 1. The van der Waals surface area contributed by atoms with E-state index in [4.69, 9.17) is 16.9 Å². The third-order valence-corrected chi connectivity index (χ3v) is 3.06. The van der Waals surface area contributed by atoms with Gasteiger partial charge in [-0.15, -0.1) is 0 Å². The zero-order valence-corrected chi connectivity index (χ0v) is 8.64. The summed E-state index contributed by atoms with van der Waals surface area (Å²) in [5.74, 6) is 1.50. The van der Waals surface area contributed by atoms with E-state index in [0.717, 1.165) is 11.5 Å². The normalized spacial score (nSPS) is 17.1. The Morgan fingerprint density at radius 1 is 1.50 bits per heavy atom. The molecule has 14 heavy (non-hydrogen) atoms. The molecule has 4 heteroatoms. The number of hydrogen-bond acceptors (Lipinski definition) is 2. The van der Waals surface area contributed by atoms with Crippen LogP contribution in [0.15, 0.2) is 0 Å². The predicted octanol–water partition coefficient (Wildman–Crippen LogP) is 2.79. The summed E-state index contributed by atoms with van der Waals surface area (Å²) in [6.45, 7) is 0. The van der Waals surface area contributed by atoms with Crippen LogP contribution in [0.25, 0.3) is 0 Å². The van der Waals surface area contributed by atoms with Crippen molar-refractivity contribution >= 4 is 11.6 Å². The highest BCUT2D eigenvalue weighted by Crippen LogP contribution is 2.33. The molecule has 0 amide bonds. The van der Waals surface area contributed by atoms with Crippen molar-refractivity contribution in [3.8, 4) is 6.07 Å². The Morgan fingerprint density at radius 2 is 2.21 bits per heavy atom. The molecule has 0 aromatic carbocycles. The lowest BCUT2D eigenvalue weighted by atomic mass is 10.1. The predicted molar refractivity (Wildman–Crippen MR) is 54.1 cm³/mol. The van der Waals surface area contributed by atoms with Crippen LogP contribution in [-0.4, -0.2) is 9.97 Å². The van der Waals surface area contributed by atoms with E-state index in [1.165, 1.54) is 25.7 Å². The number of nitrogens with zero attached hydrogens (tertiary/aromatic N) is 2. The minimum atomic E-state index is 0.318. The first kappa shape index (κ1) is 9.54. The molecule has 1 saturated carbocycles. The van der Waals surface area contributed by atoms with E-state index in [0.29, 0.717) is 17.5 Å². The maximum Gasteiger partial charge on any atom is 0.151 e. The quantitative estimate of drug-likeness (QED) is 0.815. The van der Waals surface area contributed by atoms with Crippen molar-refractivity contribution in [3.63, 3.8) is 0 Å². The molecule has 0 atom stereocenters. The van der Waals surface area contributed by atoms with Gasteiger partial charge < -0.3 is 4.98 Å². The molecule has 1 aliphatic rings. The molecule has 1 fully saturated rings. The number of rotatable bonds is 2. The summed E-state index contributed by atoms with van der Waals surface area (Å²) in [4.78, 5) is 7.43. The van der Waals surface area contributed by atoms with Gasteiger partial charge >= 0.3 is 0 Å². The number of aromatic nitrogens is 2. The van der Waals surface area contributed by atoms with Gasteiger partial charge in [-0.25, -0.2) is 4.98 Å². The Kier molecular flexibility index (Phi) is 2.74. The van der Waals surface area contributed by atoms with E-state index in [2.05, 4.69) is 16.0 Å². The molecule has 74 valence electrons. The van der Waals surface area contributed by atoms with Crippen molar-refractivity contribution in [1.82, 2.24) is 9.97 Å². The Labute approximate surface area is 88.1 Å². The lowest BCUT2D eigenvalue weighted by Gasteiger charge is -2.02. The standard InChI is InChI=1S/C10H12ClN3/c11-9-8(5-6-12)13-10(14-9)7-3-1-2-4-7/h7H,1-5H2,(H,13,14). The number of nitriles is 1. The van der Waals surface area contributed by atoms with Gasteiger partial charge in [-0.1, -0.05) is 24.4 Å². The summed E-state index contributed by atoms with van der Waals surface area (Å²) in [6.07, 6.45) is 5.25. The van der Waals surface area contributed by atoms with Crippen molar-refractivity contribution in [2.75, 3.05) is 0 Å². The molecule has 1 heterocycles. The molecule has 3 nitrogen and oxygen atoms in total. The maximum absolute atomic E-state index is 8.56. The Bertz CT molecular complexity index is 358. The second-order valence-electron chi connectivity index (χ2n) is 3.71. The minimum Gasteiger partial charge on any atom is -0.343 e. The van der Waals surface area contributed by atoms with Gasteiger partial charge in [0.1, 0.15) is 5.82 Å². The smallest absolute Gasteiger partial charge is 0.151 e.